The highest BCUT2D eigenvalue weighted by molar-refractivity contribution is 5.99. The number of hydrogen-bond donors (Lipinski definition) is 1. The maximum Gasteiger partial charge on any atom is 0.410 e. The van der Waals surface area contributed by atoms with Crippen molar-refractivity contribution in [2.45, 2.75) is 56.9 Å². The highest BCUT2D eigenvalue weighted by atomic mass is 19.4. The van der Waals surface area contributed by atoms with E-state index in [2.05, 4.69) is 10.4 Å². The van der Waals surface area contributed by atoms with E-state index in [9.17, 15) is 18.0 Å². The molecule has 4 rings (SSSR count). The standard InChI is InChI=1S/C21H25F3N4O2/c1-13-6-3-4-9-27(13)20(29)16-12-25-28-18(21(22,23)24)11-17(26-19(16)28)14-7-5-8-15(10-14)30-2/h5,7-8,10,12-13,17-18,26H,3-4,6,9,11H2,1-2H3/t13-,17+,18-/m0/s1. The van der Waals surface area contributed by atoms with Crippen LogP contribution in [-0.4, -0.2) is 46.5 Å². The van der Waals surface area contributed by atoms with Crippen molar-refractivity contribution in [2.75, 3.05) is 19.0 Å². The van der Waals surface area contributed by atoms with Crippen LogP contribution in [0.15, 0.2) is 30.5 Å². The Morgan fingerprint density at radius 1 is 1.30 bits per heavy atom. The van der Waals surface area contributed by atoms with Crippen molar-refractivity contribution in [3.05, 3.63) is 41.6 Å². The molecule has 162 valence electrons. The zero-order chi connectivity index (χ0) is 21.5. The van der Waals surface area contributed by atoms with E-state index in [0.717, 1.165) is 23.9 Å². The molecule has 3 atom stereocenters. The van der Waals surface area contributed by atoms with Crippen molar-refractivity contribution in [2.24, 2.45) is 0 Å². The third-order valence-corrected chi connectivity index (χ3v) is 6.03. The molecule has 1 amide bonds. The van der Waals surface area contributed by atoms with Crippen LogP contribution in [0.2, 0.25) is 0 Å². The van der Waals surface area contributed by atoms with E-state index < -0.39 is 18.3 Å². The fraction of sp³-hybridized carbons (Fsp3) is 0.524. The van der Waals surface area contributed by atoms with Gasteiger partial charge < -0.3 is 15.0 Å². The summed E-state index contributed by atoms with van der Waals surface area (Å²) in [5, 5.41) is 7.12. The fourth-order valence-corrected chi connectivity index (χ4v) is 4.35. The third kappa shape index (κ3) is 3.73. The minimum atomic E-state index is -4.49. The lowest BCUT2D eigenvalue weighted by Gasteiger charge is -2.36. The van der Waals surface area contributed by atoms with E-state index in [1.165, 1.54) is 13.3 Å². The Morgan fingerprint density at radius 3 is 2.80 bits per heavy atom. The highest BCUT2D eigenvalue weighted by Crippen LogP contribution is 2.45. The highest BCUT2D eigenvalue weighted by Gasteiger charge is 2.47. The number of alkyl halides is 3. The van der Waals surface area contributed by atoms with Gasteiger partial charge in [0.2, 0.25) is 0 Å². The molecule has 1 aromatic heterocycles. The molecular weight excluding hydrogens is 397 g/mol. The number of likely N-dealkylation sites (tertiary alicyclic amines) is 1. The van der Waals surface area contributed by atoms with Crippen molar-refractivity contribution in [1.82, 2.24) is 14.7 Å². The zero-order valence-electron chi connectivity index (χ0n) is 16.9. The smallest absolute Gasteiger partial charge is 0.410 e. The number of fused-ring (bicyclic) bond motifs is 1. The SMILES string of the molecule is COc1cccc([C@H]2C[C@@H](C(F)(F)F)n3ncc(C(=O)N4CCCC[C@@H]4C)c3N2)c1. The van der Waals surface area contributed by atoms with E-state index in [4.69, 9.17) is 4.74 Å². The summed E-state index contributed by atoms with van der Waals surface area (Å²) in [7, 11) is 1.51. The Hall–Kier alpha value is -2.71. The first-order chi connectivity index (χ1) is 14.3. The lowest BCUT2D eigenvalue weighted by atomic mass is 9.96. The van der Waals surface area contributed by atoms with Crippen molar-refractivity contribution in [3.8, 4) is 5.75 Å². The third-order valence-electron chi connectivity index (χ3n) is 6.03. The molecule has 1 saturated heterocycles. The van der Waals surface area contributed by atoms with Gasteiger partial charge in [-0.1, -0.05) is 12.1 Å². The number of anilines is 1. The summed E-state index contributed by atoms with van der Waals surface area (Å²) < 4.78 is 47.8. The first-order valence-electron chi connectivity index (χ1n) is 10.1. The number of aromatic nitrogens is 2. The fourth-order valence-electron chi connectivity index (χ4n) is 4.35. The van der Waals surface area contributed by atoms with Crippen LogP contribution < -0.4 is 10.1 Å². The summed E-state index contributed by atoms with van der Waals surface area (Å²) in [6.45, 7) is 2.57. The molecule has 2 aliphatic heterocycles. The van der Waals surface area contributed by atoms with Crippen LogP contribution in [0.25, 0.3) is 0 Å². The predicted molar refractivity (Wildman–Crippen MR) is 106 cm³/mol. The van der Waals surface area contributed by atoms with Gasteiger partial charge in [0.25, 0.3) is 5.91 Å². The number of carbonyl (C=O) groups excluding carboxylic acids is 1. The van der Waals surface area contributed by atoms with Crippen LogP contribution in [-0.2, 0) is 0 Å². The van der Waals surface area contributed by atoms with Crippen LogP contribution in [0.5, 0.6) is 5.75 Å². The van der Waals surface area contributed by atoms with Crippen molar-refractivity contribution < 1.29 is 22.7 Å². The Kier molecular flexibility index (Phi) is 5.38. The van der Waals surface area contributed by atoms with Crippen molar-refractivity contribution in [3.63, 3.8) is 0 Å². The molecule has 1 N–H and O–H groups in total. The molecule has 1 fully saturated rings. The van der Waals surface area contributed by atoms with Crippen molar-refractivity contribution in [1.29, 1.82) is 0 Å². The van der Waals surface area contributed by atoms with E-state index in [1.54, 1.807) is 29.2 Å². The second kappa shape index (κ2) is 7.85. The normalized spacial score (nSPS) is 24.2. The number of halogens is 3. The summed E-state index contributed by atoms with van der Waals surface area (Å²) >= 11 is 0. The molecule has 30 heavy (non-hydrogen) atoms. The number of carbonyl (C=O) groups is 1. The Morgan fingerprint density at radius 2 is 2.10 bits per heavy atom. The number of methoxy groups -OCH3 is 1. The van der Waals surface area contributed by atoms with Gasteiger partial charge in [-0.15, -0.1) is 0 Å². The molecule has 0 unspecified atom stereocenters. The topological polar surface area (TPSA) is 59.4 Å². The van der Waals surface area contributed by atoms with Gasteiger partial charge in [0.05, 0.1) is 19.3 Å². The van der Waals surface area contributed by atoms with Crippen molar-refractivity contribution >= 4 is 11.7 Å². The summed E-state index contributed by atoms with van der Waals surface area (Å²) in [6.07, 6.45) is -0.620. The average molecular weight is 422 g/mol. The molecule has 9 heteroatoms. The number of amides is 1. The molecule has 0 aliphatic carbocycles. The second-order valence-electron chi connectivity index (χ2n) is 7.96. The van der Waals surface area contributed by atoms with E-state index in [-0.39, 0.29) is 29.8 Å². The van der Waals surface area contributed by atoms with E-state index in [1.807, 2.05) is 6.92 Å². The van der Waals surface area contributed by atoms with Crippen LogP contribution >= 0.6 is 0 Å². The number of nitrogens with one attached hydrogen (secondary N) is 1. The summed E-state index contributed by atoms with van der Waals surface area (Å²) in [5.74, 6) is 0.415. The van der Waals surface area contributed by atoms with Gasteiger partial charge in [0.15, 0.2) is 6.04 Å². The van der Waals surface area contributed by atoms with Crippen LogP contribution in [0.1, 0.15) is 60.6 Å². The van der Waals surface area contributed by atoms with Gasteiger partial charge in [-0.2, -0.15) is 18.3 Å². The maximum absolute atomic E-state index is 13.9. The molecule has 0 bridgehead atoms. The zero-order valence-corrected chi connectivity index (χ0v) is 16.9. The number of ether oxygens (including phenoxy) is 1. The summed E-state index contributed by atoms with van der Waals surface area (Å²) in [5.41, 5.74) is 0.853. The number of nitrogens with zero attached hydrogens (tertiary/aromatic N) is 3. The number of rotatable bonds is 3. The monoisotopic (exact) mass is 422 g/mol. The summed E-state index contributed by atoms with van der Waals surface area (Å²) in [6, 6.07) is 4.57. The largest absolute Gasteiger partial charge is 0.497 e. The minimum Gasteiger partial charge on any atom is -0.497 e. The predicted octanol–water partition coefficient (Wildman–Crippen LogP) is 4.57. The Bertz CT molecular complexity index is 927. The molecular formula is C21H25F3N4O2. The Balaban J connectivity index is 1.72. The second-order valence-corrected chi connectivity index (χ2v) is 7.96. The van der Waals surface area contributed by atoms with E-state index >= 15 is 0 Å². The molecule has 6 nitrogen and oxygen atoms in total. The van der Waals surface area contributed by atoms with Crippen LogP contribution in [0, 0.1) is 0 Å². The molecule has 3 heterocycles. The Labute approximate surface area is 173 Å². The summed E-state index contributed by atoms with van der Waals surface area (Å²) in [4.78, 5) is 14.9. The number of hydrogen-bond acceptors (Lipinski definition) is 4. The maximum atomic E-state index is 13.9. The molecule has 0 spiro atoms. The number of benzene rings is 1. The van der Waals surface area contributed by atoms with Gasteiger partial charge in [0.1, 0.15) is 17.1 Å². The molecule has 2 aliphatic rings. The molecule has 0 radical (unpaired) electrons. The lowest BCUT2D eigenvalue weighted by Crippen LogP contribution is -2.42. The average Bonchev–Trinajstić information content (AvgIpc) is 3.16. The quantitative estimate of drug-likeness (QED) is 0.788. The van der Waals surface area contributed by atoms with Crippen LogP contribution in [0.4, 0.5) is 19.0 Å². The first kappa shape index (κ1) is 20.6. The number of piperidine rings is 1. The molecule has 1 aromatic carbocycles. The minimum absolute atomic E-state index is 0.0537. The van der Waals surface area contributed by atoms with E-state index in [0.29, 0.717) is 17.9 Å². The lowest BCUT2D eigenvalue weighted by molar-refractivity contribution is -0.173. The van der Waals surface area contributed by atoms with Gasteiger partial charge in [-0.3, -0.25) is 4.79 Å². The molecule has 2 aromatic rings. The van der Waals surface area contributed by atoms with Crippen LogP contribution in [0.3, 0.4) is 0 Å². The van der Waals surface area contributed by atoms with Gasteiger partial charge in [0, 0.05) is 19.0 Å². The van der Waals surface area contributed by atoms with Gasteiger partial charge >= 0.3 is 6.18 Å². The molecule has 0 saturated carbocycles. The van der Waals surface area contributed by atoms with Gasteiger partial charge in [-0.25, -0.2) is 4.68 Å². The first-order valence-corrected chi connectivity index (χ1v) is 10.1. The van der Waals surface area contributed by atoms with Gasteiger partial charge in [-0.05, 0) is 43.9 Å².